The Morgan fingerprint density at radius 2 is 2.04 bits per heavy atom. The van der Waals surface area contributed by atoms with Crippen molar-refractivity contribution in [2.75, 3.05) is 18.9 Å². The molecule has 2 aromatic carbocycles. The minimum Gasteiger partial charge on any atom is -0.508 e. The van der Waals surface area contributed by atoms with Crippen LogP contribution in [0.4, 0.5) is 19.3 Å². The molecular weight excluding hydrogens is 364 g/mol. The molecule has 2 aromatic rings. The predicted molar refractivity (Wildman–Crippen MR) is 102 cm³/mol. The van der Waals surface area contributed by atoms with Gasteiger partial charge >= 0.3 is 6.03 Å². The summed E-state index contributed by atoms with van der Waals surface area (Å²) in [6.45, 7) is 2.97. The van der Waals surface area contributed by atoms with E-state index in [1.165, 1.54) is 11.6 Å². The number of piperidine rings is 1. The highest BCUT2D eigenvalue weighted by Gasteiger charge is 2.50. The third-order valence-corrected chi connectivity index (χ3v) is 6.22. The first-order valence-electron chi connectivity index (χ1n) is 9.33. The second kappa shape index (κ2) is 6.74. The molecule has 1 fully saturated rings. The first-order valence-corrected chi connectivity index (χ1v) is 9.33. The van der Waals surface area contributed by atoms with E-state index in [1.807, 2.05) is 13.1 Å². The zero-order chi connectivity index (χ0) is 20.1. The van der Waals surface area contributed by atoms with Gasteiger partial charge in [-0.05, 0) is 61.8 Å². The number of likely N-dealkylation sites (tertiary alicyclic amines) is 1. The van der Waals surface area contributed by atoms with E-state index in [-0.39, 0.29) is 28.9 Å². The van der Waals surface area contributed by atoms with E-state index >= 15 is 0 Å². The smallest absolute Gasteiger partial charge is 0.319 e. The first kappa shape index (κ1) is 18.7. The number of nitrogens with one attached hydrogen (secondary N) is 2. The van der Waals surface area contributed by atoms with Gasteiger partial charge in [-0.2, -0.15) is 0 Å². The molecule has 1 aliphatic heterocycles. The van der Waals surface area contributed by atoms with E-state index in [0.717, 1.165) is 37.1 Å². The number of hydrogen-bond donors (Lipinski definition) is 3. The molecule has 2 bridgehead atoms. The Balaban J connectivity index is 1.62. The van der Waals surface area contributed by atoms with Crippen molar-refractivity contribution in [3.05, 3.63) is 59.2 Å². The van der Waals surface area contributed by atoms with Crippen LogP contribution < -0.4 is 10.6 Å². The van der Waals surface area contributed by atoms with Crippen LogP contribution in [0.1, 0.15) is 24.5 Å². The molecule has 7 heteroatoms. The highest BCUT2D eigenvalue weighted by Crippen LogP contribution is 2.45. The molecule has 3 atom stereocenters. The normalized spacial score (nSPS) is 26.4. The Kier molecular flexibility index (Phi) is 4.50. The summed E-state index contributed by atoms with van der Waals surface area (Å²) in [5.74, 6) is -1.32. The van der Waals surface area contributed by atoms with E-state index < -0.39 is 17.7 Å². The summed E-state index contributed by atoms with van der Waals surface area (Å²) < 4.78 is 27.0. The summed E-state index contributed by atoms with van der Waals surface area (Å²) in [6.07, 6.45) is 1.56. The summed E-state index contributed by atoms with van der Waals surface area (Å²) in [5, 5.41) is 15.5. The van der Waals surface area contributed by atoms with Crippen LogP contribution in [0.25, 0.3) is 0 Å². The summed E-state index contributed by atoms with van der Waals surface area (Å²) in [5.41, 5.74) is 1.77. The molecule has 1 saturated heterocycles. The second-order valence-corrected chi connectivity index (χ2v) is 7.96. The molecule has 0 spiro atoms. The van der Waals surface area contributed by atoms with E-state index in [0.29, 0.717) is 0 Å². The lowest BCUT2D eigenvalue weighted by molar-refractivity contribution is 0.0718. The summed E-state index contributed by atoms with van der Waals surface area (Å²) >= 11 is 0. The molecule has 3 N–H and O–H groups in total. The Morgan fingerprint density at radius 1 is 1.25 bits per heavy atom. The van der Waals surface area contributed by atoms with Gasteiger partial charge < -0.3 is 20.6 Å². The van der Waals surface area contributed by atoms with Crippen LogP contribution in [-0.4, -0.2) is 41.7 Å². The van der Waals surface area contributed by atoms with Gasteiger partial charge in [-0.15, -0.1) is 0 Å². The fraction of sp³-hybridized carbons (Fsp3) is 0.381. The number of nitrogens with zero attached hydrogens (tertiary/aromatic N) is 1. The third kappa shape index (κ3) is 3.09. The lowest BCUT2D eigenvalue weighted by Crippen LogP contribution is -2.67. The lowest BCUT2D eigenvalue weighted by atomic mass is 9.61. The maximum atomic E-state index is 13.9. The summed E-state index contributed by atoms with van der Waals surface area (Å²) in [4.78, 5) is 14.8. The highest BCUT2D eigenvalue weighted by atomic mass is 19.1. The van der Waals surface area contributed by atoms with Gasteiger partial charge in [-0.25, -0.2) is 13.6 Å². The number of fused-ring (bicyclic) bond motifs is 4. The molecule has 4 rings (SSSR count). The van der Waals surface area contributed by atoms with Crippen molar-refractivity contribution in [3.63, 3.8) is 0 Å². The molecule has 1 aliphatic carbocycles. The standard InChI is InChI=1S/C21H23F2N3O2/c1-21-7-8-26(2)18(9-12-3-5-14(27)11-15(12)21)19(21)25-20(28)24-17-6-4-13(22)10-16(17)23/h3-6,10-11,18-19,27H,7-9H2,1-2H3,(H2,24,25,28)/t18-,19+,21?/m1/s1. The van der Waals surface area contributed by atoms with E-state index in [9.17, 15) is 18.7 Å². The molecule has 28 heavy (non-hydrogen) atoms. The number of hydrogen-bond acceptors (Lipinski definition) is 3. The largest absolute Gasteiger partial charge is 0.508 e. The highest BCUT2D eigenvalue weighted by molar-refractivity contribution is 5.89. The number of benzene rings is 2. The number of rotatable bonds is 2. The van der Waals surface area contributed by atoms with Gasteiger partial charge in [0.25, 0.3) is 0 Å². The molecule has 1 heterocycles. The number of amides is 2. The second-order valence-electron chi connectivity index (χ2n) is 7.96. The quantitative estimate of drug-likeness (QED) is 0.740. The van der Waals surface area contributed by atoms with Gasteiger partial charge in [0.2, 0.25) is 0 Å². The van der Waals surface area contributed by atoms with Gasteiger partial charge in [0.05, 0.1) is 11.7 Å². The molecular formula is C21H23F2N3O2. The number of halogens is 2. The number of phenols is 1. The first-order chi connectivity index (χ1) is 13.3. The number of carbonyl (C=O) groups excluding carboxylic acids is 1. The Labute approximate surface area is 162 Å². The Morgan fingerprint density at radius 3 is 2.79 bits per heavy atom. The van der Waals surface area contributed by atoms with Crippen molar-refractivity contribution < 1.29 is 18.7 Å². The molecule has 148 valence electrons. The number of likely N-dealkylation sites (N-methyl/N-ethyl adjacent to an activating group) is 1. The maximum absolute atomic E-state index is 13.9. The zero-order valence-corrected chi connectivity index (χ0v) is 15.8. The fourth-order valence-electron chi connectivity index (χ4n) is 4.63. The number of phenolic OH excluding ortho intramolecular Hbond substituents is 1. The van der Waals surface area contributed by atoms with E-state index in [1.54, 1.807) is 12.1 Å². The number of anilines is 1. The van der Waals surface area contributed by atoms with Gasteiger partial charge in [-0.3, -0.25) is 0 Å². The van der Waals surface area contributed by atoms with E-state index in [2.05, 4.69) is 22.5 Å². The van der Waals surface area contributed by atoms with Gasteiger partial charge in [0.1, 0.15) is 17.4 Å². The van der Waals surface area contributed by atoms with Crippen LogP contribution in [0.5, 0.6) is 5.75 Å². The topological polar surface area (TPSA) is 64.6 Å². The van der Waals surface area contributed by atoms with Crippen molar-refractivity contribution in [1.29, 1.82) is 0 Å². The SMILES string of the molecule is CN1CCC2(C)c3cc(O)ccc3C[C@@H]1[C@@H]2NC(=O)Nc1ccc(F)cc1F. The van der Waals surface area contributed by atoms with Crippen molar-refractivity contribution in [2.45, 2.75) is 37.3 Å². The monoisotopic (exact) mass is 387 g/mol. The average Bonchev–Trinajstić information content (AvgIpc) is 2.64. The minimum absolute atomic E-state index is 0.0728. The number of urea groups is 1. The van der Waals surface area contributed by atoms with Crippen molar-refractivity contribution in [1.82, 2.24) is 10.2 Å². The minimum atomic E-state index is -0.822. The van der Waals surface area contributed by atoms with Gasteiger partial charge in [-0.1, -0.05) is 13.0 Å². The molecule has 1 unspecified atom stereocenters. The maximum Gasteiger partial charge on any atom is 0.319 e. The Bertz CT molecular complexity index is 936. The van der Waals surface area contributed by atoms with Crippen LogP contribution in [0, 0.1) is 11.6 Å². The molecule has 2 aliphatic rings. The van der Waals surface area contributed by atoms with Crippen LogP contribution >= 0.6 is 0 Å². The molecule has 0 aromatic heterocycles. The summed E-state index contributed by atoms with van der Waals surface area (Å²) in [7, 11) is 2.03. The zero-order valence-electron chi connectivity index (χ0n) is 15.8. The molecule has 0 saturated carbocycles. The number of carbonyl (C=O) groups is 1. The molecule has 0 radical (unpaired) electrons. The van der Waals surface area contributed by atoms with Crippen LogP contribution in [0.15, 0.2) is 36.4 Å². The Hall–Kier alpha value is -2.67. The van der Waals surface area contributed by atoms with Gasteiger partial charge in [0.15, 0.2) is 0 Å². The van der Waals surface area contributed by atoms with Crippen LogP contribution in [-0.2, 0) is 11.8 Å². The van der Waals surface area contributed by atoms with E-state index in [4.69, 9.17) is 0 Å². The fourth-order valence-corrected chi connectivity index (χ4v) is 4.63. The third-order valence-electron chi connectivity index (χ3n) is 6.22. The molecule has 5 nitrogen and oxygen atoms in total. The van der Waals surface area contributed by atoms with Crippen molar-refractivity contribution in [3.8, 4) is 5.75 Å². The summed E-state index contributed by atoms with van der Waals surface area (Å²) in [6, 6.07) is 7.78. The van der Waals surface area contributed by atoms with Crippen LogP contribution in [0.3, 0.4) is 0 Å². The van der Waals surface area contributed by atoms with Crippen molar-refractivity contribution in [2.24, 2.45) is 0 Å². The van der Waals surface area contributed by atoms with Gasteiger partial charge in [0, 0.05) is 17.5 Å². The molecule has 2 amide bonds. The van der Waals surface area contributed by atoms with Crippen LogP contribution in [0.2, 0.25) is 0 Å². The number of aromatic hydroxyl groups is 1. The van der Waals surface area contributed by atoms with Crippen molar-refractivity contribution >= 4 is 11.7 Å². The predicted octanol–water partition coefficient (Wildman–Crippen LogP) is 3.38. The lowest BCUT2D eigenvalue weighted by Gasteiger charge is -2.54. The average molecular weight is 387 g/mol.